The number of rotatable bonds is 10. The van der Waals surface area contributed by atoms with Gasteiger partial charge in [-0.1, -0.05) is 45.3 Å². The normalized spacial score (nSPS) is 11.3. The summed E-state index contributed by atoms with van der Waals surface area (Å²) in [5, 5.41) is 3.40. The second kappa shape index (κ2) is 12.7. The minimum absolute atomic E-state index is 1.14. The molecule has 0 fully saturated rings. The van der Waals surface area contributed by atoms with Crippen molar-refractivity contribution in [1.29, 1.82) is 0 Å². The van der Waals surface area contributed by atoms with Crippen molar-refractivity contribution in [3.63, 3.8) is 0 Å². The highest BCUT2D eigenvalue weighted by atomic mass is 14.8. The van der Waals surface area contributed by atoms with Crippen molar-refractivity contribution in [3.8, 4) is 0 Å². The van der Waals surface area contributed by atoms with E-state index in [1.165, 1.54) is 44.9 Å². The van der Waals surface area contributed by atoms with Crippen LogP contribution >= 0.6 is 0 Å². The summed E-state index contributed by atoms with van der Waals surface area (Å²) >= 11 is 0. The maximum absolute atomic E-state index is 3.40. The summed E-state index contributed by atoms with van der Waals surface area (Å²) in [6.45, 7) is 6.76. The topological polar surface area (TPSA) is 12.0 Å². The van der Waals surface area contributed by atoms with Crippen molar-refractivity contribution < 1.29 is 0 Å². The molecule has 0 amide bonds. The minimum Gasteiger partial charge on any atom is -0.316 e. The van der Waals surface area contributed by atoms with Gasteiger partial charge in [0, 0.05) is 0 Å². The molecule has 0 aromatic carbocycles. The molecular formula is C13H27N. The molecule has 0 saturated carbocycles. The third-order valence-electron chi connectivity index (χ3n) is 2.31. The van der Waals surface area contributed by atoms with Gasteiger partial charge in [-0.3, -0.25) is 0 Å². The van der Waals surface area contributed by atoms with Gasteiger partial charge in [-0.15, -0.1) is 0 Å². The monoisotopic (exact) mass is 197 g/mol. The Bertz CT molecular complexity index is 104. The van der Waals surface area contributed by atoms with Crippen molar-refractivity contribution in [3.05, 3.63) is 12.2 Å². The first-order valence-electron chi connectivity index (χ1n) is 6.27. The van der Waals surface area contributed by atoms with Crippen LogP contribution in [0.2, 0.25) is 0 Å². The van der Waals surface area contributed by atoms with E-state index < -0.39 is 0 Å². The number of hydrogen-bond acceptors (Lipinski definition) is 1. The van der Waals surface area contributed by atoms with Gasteiger partial charge in [0.1, 0.15) is 0 Å². The first-order valence-corrected chi connectivity index (χ1v) is 6.27. The van der Waals surface area contributed by atoms with Crippen LogP contribution in [0.15, 0.2) is 12.2 Å². The summed E-state index contributed by atoms with van der Waals surface area (Å²) in [5.74, 6) is 0. The zero-order valence-corrected chi connectivity index (χ0v) is 10.0. The Hall–Kier alpha value is -0.300. The molecule has 0 heterocycles. The standard InChI is InChI=1S/C13H27N/c1-3-5-6-7-8-9-10-11-13-14-12-4-2/h9-10,14H,3-8,11-13H2,1-2H3. The number of unbranched alkanes of at least 4 members (excludes halogenated alkanes) is 4. The zero-order chi connectivity index (χ0) is 10.5. The van der Waals surface area contributed by atoms with Gasteiger partial charge in [0.2, 0.25) is 0 Å². The van der Waals surface area contributed by atoms with Crippen molar-refractivity contribution in [2.24, 2.45) is 0 Å². The van der Waals surface area contributed by atoms with E-state index in [-0.39, 0.29) is 0 Å². The van der Waals surface area contributed by atoms with Crippen molar-refractivity contribution in [2.45, 2.75) is 58.8 Å². The van der Waals surface area contributed by atoms with Crippen LogP contribution in [0.25, 0.3) is 0 Å². The van der Waals surface area contributed by atoms with Gasteiger partial charge in [0.15, 0.2) is 0 Å². The van der Waals surface area contributed by atoms with E-state index in [0.717, 1.165) is 13.1 Å². The molecule has 0 aliphatic heterocycles. The van der Waals surface area contributed by atoms with Gasteiger partial charge < -0.3 is 5.32 Å². The van der Waals surface area contributed by atoms with E-state index in [0.29, 0.717) is 0 Å². The largest absolute Gasteiger partial charge is 0.316 e. The Morgan fingerprint density at radius 2 is 1.57 bits per heavy atom. The van der Waals surface area contributed by atoms with E-state index in [1.807, 2.05) is 0 Å². The van der Waals surface area contributed by atoms with Crippen molar-refractivity contribution in [2.75, 3.05) is 13.1 Å². The summed E-state index contributed by atoms with van der Waals surface area (Å²) in [4.78, 5) is 0. The van der Waals surface area contributed by atoms with Gasteiger partial charge in [-0.05, 0) is 38.8 Å². The lowest BCUT2D eigenvalue weighted by Crippen LogP contribution is -2.14. The predicted octanol–water partition coefficient (Wildman–Crippen LogP) is 3.90. The third-order valence-corrected chi connectivity index (χ3v) is 2.31. The summed E-state index contributed by atoms with van der Waals surface area (Å²) in [6.07, 6.45) is 13.8. The van der Waals surface area contributed by atoms with E-state index in [1.54, 1.807) is 0 Å². The zero-order valence-electron chi connectivity index (χ0n) is 10.0. The number of allylic oxidation sites excluding steroid dienone is 1. The molecule has 0 rings (SSSR count). The highest BCUT2D eigenvalue weighted by molar-refractivity contribution is 4.81. The van der Waals surface area contributed by atoms with Crippen LogP contribution in [0.4, 0.5) is 0 Å². The van der Waals surface area contributed by atoms with E-state index in [9.17, 15) is 0 Å². The molecule has 1 heteroatoms. The second-order valence-electron chi connectivity index (χ2n) is 3.86. The number of hydrogen-bond donors (Lipinski definition) is 1. The highest BCUT2D eigenvalue weighted by Crippen LogP contribution is 2.02. The van der Waals surface area contributed by atoms with E-state index in [2.05, 4.69) is 31.3 Å². The molecule has 84 valence electrons. The Morgan fingerprint density at radius 1 is 0.786 bits per heavy atom. The maximum Gasteiger partial charge on any atom is -0.00143 e. The molecule has 0 aliphatic rings. The minimum atomic E-state index is 1.14. The van der Waals surface area contributed by atoms with E-state index >= 15 is 0 Å². The predicted molar refractivity (Wildman–Crippen MR) is 65.7 cm³/mol. The molecule has 0 aromatic heterocycles. The molecule has 14 heavy (non-hydrogen) atoms. The smallest absolute Gasteiger partial charge is 0.00143 e. The molecule has 0 atom stereocenters. The summed E-state index contributed by atoms with van der Waals surface area (Å²) in [6, 6.07) is 0. The van der Waals surface area contributed by atoms with Crippen LogP contribution in [-0.2, 0) is 0 Å². The average molecular weight is 197 g/mol. The Labute approximate surface area is 90.0 Å². The molecule has 0 radical (unpaired) electrons. The van der Waals surface area contributed by atoms with Crippen LogP contribution in [0.3, 0.4) is 0 Å². The van der Waals surface area contributed by atoms with Gasteiger partial charge in [0.05, 0.1) is 0 Å². The highest BCUT2D eigenvalue weighted by Gasteiger charge is 1.84. The van der Waals surface area contributed by atoms with Crippen LogP contribution < -0.4 is 5.32 Å². The maximum atomic E-state index is 3.40. The molecular weight excluding hydrogens is 170 g/mol. The average Bonchev–Trinajstić information content (AvgIpc) is 2.21. The van der Waals surface area contributed by atoms with Crippen LogP contribution in [-0.4, -0.2) is 13.1 Å². The van der Waals surface area contributed by atoms with Crippen molar-refractivity contribution in [1.82, 2.24) is 5.32 Å². The lowest BCUT2D eigenvalue weighted by molar-refractivity contribution is 0.667. The van der Waals surface area contributed by atoms with Crippen LogP contribution in [0.1, 0.15) is 58.8 Å². The Kier molecular flexibility index (Phi) is 12.4. The first-order chi connectivity index (χ1) is 6.91. The number of nitrogens with one attached hydrogen (secondary N) is 1. The van der Waals surface area contributed by atoms with Gasteiger partial charge >= 0.3 is 0 Å². The molecule has 0 unspecified atom stereocenters. The Balaban J connectivity index is 2.96. The molecule has 1 N–H and O–H groups in total. The third kappa shape index (κ3) is 11.7. The lowest BCUT2D eigenvalue weighted by Gasteiger charge is -1.98. The molecule has 0 spiro atoms. The molecule has 0 saturated heterocycles. The fraction of sp³-hybridized carbons (Fsp3) is 0.846. The molecule has 1 nitrogen and oxygen atoms in total. The van der Waals surface area contributed by atoms with Gasteiger partial charge in [0.25, 0.3) is 0 Å². The van der Waals surface area contributed by atoms with Crippen LogP contribution in [0, 0.1) is 0 Å². The fourth-order valence-corrected chi connectivity index (χ4v) is 1.41. The summed E-state index contributed by atoms with van der Waals surface area (Å²) < 4.78 is 0. The van der Waals surface area contributed by atoms with Crippen LogP contribution in [0.5, 0.6) is 0 Å². The fourth-order valence-electron chi connectivity index (χ4n) is 1.41. The van der Waals surface area contributed by atoms with Gasteiger partial charge in [-0.2, -0.15) is 0 Å². The van der Waals surface area contributed by atoms with Crippen molar-refractivity contribution >= 4 is 0 Å². The molecule has 0 bridgehead atoms. The molecule has 0 aromatic rings. The Morgan fingerprint density at radius 3 is 2.29 bits per heavy atom. The first kappa shape index (κ1) is 13.7. The van der Waals surface area contributed by atoms with Gasteiger partial charge in [-0.25, -0.2) is 0 Å². The quantitative estimate of drug-likeness (QED) is 0.414. The SMILES string of the molecule is CCCCCCC=CCCNCCC. The van der Waals surface area contributed by atoms with E-state index in [4.69, 9.17) is 0 Å². The summed E-state index contributed by atoms with van der Waals surface area (Å²) in [7, 11) is 0. The summed E-state index contributed by atoms with van der Waals surface area (Å²) in [5.41, 5.74) is 0. The second-order valence-corrected chi connectivity index (χ2v) is 3.86. The molecule has 0 aliphatic carbocycles. The lowest BCUT2D eigenvalue weighted by atomic mass is 10.1.